The second-order valence-electron chi connectivity index (χ2n) is 3.42. The number of rotatable bonds is 4. The highest BCUT2D eigenvalue weighted by molar-refractivity contribution is 5.43. The fourth-order valence-corrected chi connectivity index (χ4v) is 0.958. The Bertz CT molecular complexity index is 230. The molecule has 0 aliphatic rings. The van der Waals surface area contributed by atoms with Crippen molar-refractivity contribution in [3.05, 3.63) is 12.0 Å². The summed E-state index contributed by atoms with van der Waals surface area (Å²) in [4.78, 5) is 0. The van der Waals surface area contributed by atoms with E-state index in [1.807, 2.05) is 6.92 Å². The van der Waals surface area contributed by atoms with Crippen LogP contribution in [0, 0.1) is 12.8 Å². The number of aromatic nitrogens is 1. The second kappa shape index (κ2) is 4.14. The summed E-state index contributed by atoms with van der Waals surface area (Å²) in [6.07, 6.45) is 2.82. The van der Waals surface area contributed by atoms with Gasteiger partial charge in [-0.05, 0) is 19.3 Å². The molecule has 0 fully saturated rings. The Morgan fingerprint density at radius 3 is 2.83 bits per heavy atom. The van der Waals surface area contributed by atoms with Crippen LogP contribution in [0.15, 0.2) is 10.8 Å². The summed E-state index contributed by atoms with van der Waals surface area (Å²) >= 11 is 0. The molecule has 1 rings (SSSR count). The van der Waals surface area contributed by atoms with Gasteiger partial charge in [0.25, 0.3) is 0 Å². The lowest BCUT2D eigenvalue weighted by atomic mass is 10.1. The van der Waals surface area contributed by atoms with Crippen LogP contribution in [0.5, 0.6) is 0 Å². The highest BCUT2D eigenvalue weighted by Crippen LogP contribution is 2.11. The number of hydrogen-bond donors (Lipinski definition) is 1. The normalized spacial score (nSPS) is 10.7. The van der Waals surface area contributed by atoms with E-state index in [2.05, 4.69) is 24.3 Å². The van der Waals surface area contributed by atoms with Crippen LogP contribution in [0.1, 0.15) is 26.0 Å². The zero-order valence-electron chi connectivity index (χ0n) is 7.92. The van der Waals surface area contributed by atoms with E-state index in [1.54, 1.807) is 6.26 Å². The van der Waals surface area contributed by atoms with Crippen LogP contribution < -0.4 is 5.32 Å². The fraction of sp³-hybridized carbons (Fsp3) is 0.667. The van der Waals surface area contributed by atoms with Crippen LogP contribution in [-0.4, -0.2) is 11.7 Å². The van der Waals surface area contributed by atoms with Crippen molar-refractivity contribution in [3.8, 4) is 0 Å². The first-order chi connectivity index (χ1) is 5.70. The van der Waals surface area contributed by atoms with Gasteiger partial charge in [-0.1, -0.05) is 19.0 Å². The van der Waals surface area contributed by atoms with Gasteiger partial charge in [-0.25, -0.2) is 0 Å². The Kier molecular flexibility index (Phi) is 3.14. The van der Waals surface area contributed by atoms with E-state index in [1.165, 1.54) is 6.42 Å². The molecule has 0 aliphatic heterocycles. The van der Waals surface area contributed by atoms with Crippen LogP contribution >= 0.6 is 0 Å². The molecule has 0 atom stereocenters. The van der Waals surface area contributed by atoms with Gasteiger partial charge in [0.2, 0.25) is 0 Å². The number of nitrogens with zero attached hydrogens (tertiary/aromatic N) is 1. The van der Waals surface area contributed by atoms with Gasteiger partial charge >= 0.3 is 0 Å². The summed E-state index contributed by atoms with van der Waals surface area (Å²) in [6.45, 7) is 7.34. The van der Waals surface area contributed by atoms with E-state index in [9.17, 15) is 0 Å². The van der Waals surface area contributed by atoms with Gasteiger partial charge in [0, 0.05) is 6.54 Å². The molecule has 0 aliphatic carbocycles. The van der Waals surface area contributed by atoms with Gasteiger partial charge in [0.15, 0.2) is 0 Å². The Hall–Kier alpha value is -0.990. The first-order valence-corrected chi connectivity index (χ1v) is 4.35. The molecule has 68 valence electrons. The third kappa shape index (κ3) is 2.57. The molecule has 0 saturated heterocycles. The molecule has 0 unspecified atom stereocenters. The molecular formula is C9H16N2O. The van der Waals surface area contributed by atoms with E-state index in [-0.39, 0.29) is 0 Å². The van der Waals surface area contributed by atoms with E-state index >= 15 is 0 Å². The molecule has 0 amide bonds. The summed E-state index contributed by atoms with van der Waals surface area (Å²) in [5, 5.41) is 7.04. The molecule has 3 heteroatoms. The van der Waals surface area contributed by atoms with Gasteiger partial charge < -0.3 is 9.84 Å². The Balaban J connectivity index is 2.29. The van der Waals surface area contributed by atoms with Crippen LogP contribution in [0.2, 0.25) is 0 Å². The largest absolute Gasteiger partial charge is 0.381 e. The fourth-order valence-electron chi connectivity index (χ4n) is 0.958. The zero-order valence-corrected chi connectivity index (χ0v) is 7.92. The van der Waals surface area contributed by atoms with Gasteiger partial charge in [-0.3, -0.25) is 0 Å². The van der Waals surface area contributed by atoms with Crippen LogP contribution in [-0.2, 0) is 0 Å². The lowest BCUT2D eigenvalue weighted by molar-refractivity contribution is 0.415. The molecule has 0 bridgehead atoms. The highest BCUT2D eigenvalue weighted by atomic mass is 16.5. The zero-order chi connectivity index (χ0) is 8.97. The van der Waals surface area contributed by atoms with Crippen LogP contribution in [0.3, 0.4) is 0 Å². The standard InChI is InChI=1S/C9H16N2O/c1-7(2)4-5-10-9-6-12-11-8(9)3/h6-7,10H,4-5H2,1-3H3. The molecule has 0 radical (unpaired) electrons. The maximum Gasteiger partial charge on any atom is 0.147 e. The average molecular weight is 168 g/mol. The lowest BCUT2D eigenvalue weighted by Crippen LogP contribution is -2.04. The van der Waals surface area contributed by atoms with Crippen LogP contribution in [0.4, 0.5) is 5.69 Å². The average Bonchev–Trinajstić information content (AvgIpc) is 2.36. The van der Waals surface area contributed by atoms with Gasteiger partial charge in [0.1, 0.15) is 12.0 Å². The number of hydrogen-bond acceptors (Lipinski definition) is 3. The number of aryl methyl sites for hydroxylation is 1. The predicted molar refractivity (Wildman–Crippen MR) is 49.2 cm³/mol. The van der Waals surface area contributed by atoms with Crippen molar-refractivity contribution in [2.45, 2.75) is 27.2 Å². The van der Waals surface area contributed by atoms with Crippen molar-refractivity contribution in [2.24, 2.45) is 5.92 Å². The van der Waals surface area contributed by atoms with Gasteiger partial charge in [0.05, 0.1) is 5.69 Å². The summed E-state index contributed by atoms with van der Waals surface area (Å²) in [6, 6.07) is 0. The van der Waals surface area contributed by atoms with Crippen molar-refractivity contribution < 1.29 is 4.52 Å². The Morgan fingerprint density at radius 1 is 1.58 bits per heavy atom. The van der Waals surface area contributed by atoms with Gasteiger partial charge in [-0.15, -0.1) is 0 Å². The summed E-state index contributed by atoms with van der Waals surface area (Å²) < 4.78 is 4.79. The van der Waals surface area contributed by atoms with Crippen molar-refractivity contribution in [3.63, 3.8) is 0 Å². The van der Waals surface area contributed by atoms with E-state index in [0.717, 1.165) is 23.8 Å². The number of anilines is 1. The van der Waals surface area contributed by atoms with Crippen molar-refractivity contribution in [1.82, 2.24) is 5.16 Å². The summed E-state index contributed by atoms with van der Waals surface area (Å²) in [5.74, 6) is 0.734. The SMILES string of the molecule is Cc1nocc1NCCC(C)C. The minimum Gasteiger partial charge on any atom is -0.381 e. The van der Waals surface area contributed by atoms with Gasteiger partial charge in [-0.2, -0.15) is 0 Å². The predicted octanol–water partition coefficient (Wildman–Crippen LogP) is 2.44. The first kappa shape index (κ1) is 9.10. The van der Waals surface area contributed by atoms with Crippen molar-refractivity contribution in [1.29, 1.82) is 0 Å². The third-order valence-corrected chi connectivity index (χ3v) is 1.79. The molecule has 12 heavy (non-hydrogen) atoms. The van der Waals surface area contributed by atoms with Crippen LogP contribution in [0.25, 0.3) is 0 Å². The minimum absolute atomic E-state index is 0.734. The van der Waals surface area contributed by atoms with Crippen molar-refractivity contribution in [2.75, 3.05) is 11.9 Å². The van der Waals surface area contributed by atoms with Crippen molar-refractivity contribution >= 4 is 5.69 Å². The quantitative estimate of drug-likeness (QED) is 0.750. The van der Waals surface area contributed by atoms with E-state index in [4.69, 9.17) is 4.52 Å². The monoisotopic (exact) mass is 168 g/mol. The summed E-state index contributed by atoms with van der Waals surface area (Å²) in [5.41, 5.74) is 1.94. The molecule has 0 spiro atoms. The van der Waals surface area contributed by atoms with E-state index in [0.29, 0.717) is 0 Å². The first-order valence-electron chi connectivity index (χ1n) is 4.35. The maximum atomic E-state index is 4.79. The topological polar surface area (TPSA) is 38.1 Å². The number of nitrogens with one attached hydrogen (secondary N) is 1. The minimum atomic E-state index is 0.734. The molecule has 3 nitrogen and oxygen atoms in total. The van der Waals surface area contributed by atoms with E-state index < -0.39 is 0 Å². The molecule has 1 aromatic rings. The highest BCUT2D eigenvalue weighted by Gasteiger charge is 2.00. The molecular weight excluding hydrogens is 152 g/mol. The molecule has 1 N–H and O–H groups in total. The molecule has 0 aromatic carbocycles. The maximum absolute atomic E-state index is 4.79. The molecule has 1 heterocycles. The smallest absolute Gasteiger partial charge is 0.147 e. The molecule has 1 aromatic heterocycles. The third-order valence-electron chi connectivity index (χ3n) is 1.79. The lowest BCUT2D eigenvalue weighted by Gasteiger charge is -2.05. The summed E-state index contributed by atoms with van der Waals surface area (Å²) in [7, 11) is 0. The second-order valence-corrected chi connectivity index (χ2v) is 3.42. The Morgan fingerprint density at radius 2 is 2.33 bits per heavy atom. The Labute approximate surface area is 73.1 Å². The molecule has 0 saturated carbocycles.